The standard InChI is InChI=1S/C26H33N3O3S/c1-6-32-14-8-13-29-25(31)22(16-23(30)28-24-18(3)9-7-10-19(24)4)33-26(29)27-21-12-11-17(2)20(5)15-21/h7,9-12,15,22H,6,8,13-14,16H2,1-5H3,(H,28,30)/t22-/m1/s1. The average molecular weight is 468 g/mol. The summed E-state index contributed by atoms with van der Waals surface area (Å²) < 4.78 is 5.44. The van der Waals surface area contributed by atoms with E-state index < -0.39 is 5.25 Å². The number of hydrogen-bond donors (Lipinski definition) is 1. The molecule has 1 aliphatic heterocycles. The van der Waals surface area contributed by atoms with Crippen molar-refractivity contribution in [3.63, 3.8) is 0 Å². The second-order valence-corrected chi connectivity index (χ2v) is 9.50. The van der Waals surface area contributed by atoms with E-state index in [0.717, 1.165) is 28.1 Å². The number of ether oxygens (including phenoxy) is 1. The summed E-state index contributed by atoms with van der Waals surface area (Å²) in [5.41, 5.74) is 5.98. The molecule has 0 saturated carbocycles. The summed E-state index contributed by atoms with van der Waals surface area (Å²) in [6.45, 7) is 11.7. The lowest BCUT2D eigenvalue weighted by Crippen LogP contribution is -2.34. The molecule has 0 aromatic heterocycles. The highest BCUT2D eigenvalue weighted by Crippen LogP contribution is 2.33. The van der Waals surface area contributed by atoms with Gasteiger partial charge in [0.25, 0.3) is 0 Å². The molecule has 0 unspecified atom stereocenters. The lowest BCUT2D eigenvalue weighted by Gasteiger charge is -2.16. The highest BCUT2D eigenvalue weighted by atomic mass is 32.2. The number of para-hydroxylation sites is 1. The molecule has 1 atom stereocenters. The van der Waals surface area contributed by atoms with E-state index >= 15 is 0 Å². The van der Waals surface area contributed by atoms with E-state index in [-0.39, 0.29) is 18.2 Å². The van der Waals surface area contributed by atoms with E-state index in [0.29, 0.717) is 31.3 Å². The number of thioether (sulfide) groups is 1. The number of anilines is 1. The Kier molecular flexibility index (Phi) is 8.69. The lowest BCUT2D eigenvalue weighted by atomic mass is 10.1. The SMILES string of the molecule is CCOCCCN1C(=O)[C@@H](CC(=O)Nc2c(C)cccc2C)SC1=Nc1ccc(C)c(C)c1. The first kappa shape index (κ1) is 25.0. The number of carbonyl (C=O) groups excluding carboxylic acids is 2. The number of nitrogens with zero attached hydrogens (tertiary/aromatic N) is 2. The van der Waals surface area contributed by atoms with Crippen LogP contribution in [0.25, 0.3) is 0 Å². The van der Waals surface area contributed by atoms with Crippen molar-refractivity contribution in [3.05, 3.63) is 58.7 Å². The Hall–Kier alpha value is -2.64. The van der Waals surface area contributed by atoms with Crippen LogP contribution in [0.5, 0.6) is 0 Å². The van der Waals surface area contributed by atoms with Gasteiger partial charge < -0.3 is 10.1 Å². The zero-order chi connectivity index (χ0) is 24.0. The molecule has 1 fully saturated rings. The third-order valence-electron chi connectivity index (χ3n) is 5.73. The van der Waals surface area contributed by atoms with Crippen molar-refractivity contribution in [2.45, 2.75) is 52.7 Å². The number of carbonyl (C=O) groups is 2. The van der Waals surface area contributed by atoms with E-state index in [1.165, 1.54) is 17.3 Å². The molecule has 1 N–H and O–H groups in total. The fourth-order valence-electron chi connectivity index (χ4n) is 3.68. The number of hydrogen-bond acceptors (Lipinski definition) is 5. The molecule has 3 rings (SSSR count). The zero-order valence-electron chi connectivity index (χ0n) is 20.1. The van der Waals surface area contributed by atoms with Crippen LogP contribution >= 0.6 is 11.8 Å². The van der Waals surface area contributed by atoms with Gasteiger partial charge in [-0.05, 0) is 75.4 Å². The van der Waals surface area contributed by atoms with Crippen LogP contribution in [0.1, 0.15) is 42.0 Å². The topological polar surface area (TPSA) is 71.0 Å². The van der Waals surface area contributed by atoms with Crippen molar-refractivity contribution in [1.82, 2.24) is 4.90 Å². The van der Waals surface area contributed by atoms with Crippen molar-refractivity contribution in [1.29, 1.82) is 0 Å². The highest BCUT2D eigenvalue weighted by molar-refractivity contribution is 8.15. The molecule has 0 aliphatic carbocycles. The molecule has 1 aliphatic rings. The largest absolute Gasteiger partial charge is 0.382 e. The van der Waals surface area contributed by atoms with Crippen LogP contribution in [0.4, 0.5) is 11.4 Å². The van der Waals surface area contributed by atoms with Gasteiger partial charge in [-0.25, -0.2) is 4.99 Å². The Bertz CT molecular complexity index is 1030. The van der Waals surface area contributed by atoms with Crippen LogP contribution in [0.3, 0.4) is 0 Å². The van der Waals surface area contributed by atoms with Crippen LogP contribution in [0.2, 0.25) is 0 Å². The summed E-state index contributed by atoms with van der Waals surface area (Å²) in [5.74, 6) is -0.240. The van der Waals surface area contributed by atoms with Crippen LogP contribution in [0, 0.1) is 27.7 Å². The molecule has 6 nitrogen and oxygen atoms in total. The fraction of sp³-hybridized carbons (Fsp3) is 0.423. The van der Waals surface area contributed by atoms with Crippen molar-refractivity contribution < 1.29 is 14.3 Å². The van der Waals surface area contributed by atoms with Gasteiger partial charge in [0.05, 0.1) is 5.69 Å². The first-order chi connectivity index (χ1) is 15.8. The van der Waals surface area contributed by atoms with Crippen LogP contribution in [-0.2, 0) is 14.3 Å². The smallest absolute Gasteiger partial charge is 0.242 e. The Balaban J connectivity index is 1.76. The summed E-state index contributed by atoms with van der Waals surface area (Å²) in [5, 5.41) is 3.15. The van der Waals surface area contributed by atoms with Crippen LogP contribution < -0.4 is 5.32 Å². The van der Waals surface area contributed by atoms with Gasteiger partial charge in [-0.1, -0.05) is 36.0 Å². The number of amides is 2. The molecule has 0 spiro atoms. The average Bonchev–Trinajstić information content (AvgIpc) is 3.05. The molecule has 1 heterocycles. The summed E-state index contributed by atoms with van der Waals surface area (Å²) in [7, 11) is 0. The van der Waals surface area contributed by atoms with E-state index in [2.05, 4.69) is 12.2 Å². The maximum absolute atomic E-state index is 13.2. The van der Waals surface area contributed by atoms with Gasteiger partial charge >= 0.3 is 0 Å². The maximum atomic E-state index is 13.2. The third-order valence-corrected chi connectivity index (χ3v) is 6.90. The minimum absolute atomic E-state index is 0.0734. The molecular formula is C26H33N3O3S. The van der Waals surface area contributed by atoms with Gasteiger partial charge in [-0.2, -0.15) is 0 Å². The Morgan fingerprint density at radius 2 is 1.82 bits per heavy atom. The van der Waals surface area contributed by atoms with Gasteiger partial charge in [0.2, 0.25) is 11.8 Å². The molecule has 2 aromatic carbocycles. The number of benzene rings is 2. The number of rotatable bonds is 9. The molecule has 0 bridgehead atoms. The summed E-state index contributed by atoms with van der Waals surface area (Å²) in [6, 6.07) is 11.9. The summed E-state index contributed by atoms with van der Waals surface area (Å²) in [6.07, 6.45) is 0.818. The first-order valence-corrected chi connectivity index (χ1v) is 12.3. The van der Waals surface area contributed by atoms with Crippen LogP contribution in [0.15, 0.2) is 41.4 Å². The lowest BCUT2D eigenvalue weighted by molar-refractivity contribution is -0.128. The Labute approximate surface area is 200 Å². The van der Waals surface area contributed by atoms with Gasteiger partial charge in [0.1, 0.15) is 5.25 Å². The van der Waals surface area contributed by atoms with Crippen molar-refractivity contribution in [2.24, 2.45) is 4.99 Å². The van der Waals surface area contributed by atoms with E-state index in [1.807, 2.05) is 64.1 Å². The molecule has 7 heteroatoms. The van der Waals surface area contributed by atoms with Crippen molar-refractivity contribution in [3.8, 4) is 0 Å². The second kappa shape index (κ2) is 11.5. The molecule has 0 radical (unpaired) electrons. The predicted octanol–water partition coefficient (Wildman–Crippen LogP) is 5.31. The molecule has 33 heavy (non-hydrogen) atoms. The van der Waals surface area contributed by atoms with Gasteiger partial charge in [0, 0.05) is 31.9 Å². The molecule has 2 aromatic rings. The molecule has 176 valence electrons. The van der Waals surface area contributed by atoms with E-state index in [9.17, 15) is 9.59 Å². The number of amidine groups is 1. The quantitative estimate of drug-likeness (QED) is 0.508. The molecule has 2 amide bonds. The van der Waals surface area contributed by atoms with Crippen molar-refractivity contribution in [2.75, 3.05) is 25.1 Å². The highest BCUT2D eigenvalue weighted by Gasteiger charge is 2.39. The van der Waals surface area contributed by atoms with Gasteiger partial charge in [0.15, 0.2) is 5.17 Å². The summed E-state index contributed by atoms with van der Waals surface area (Å²) >= 11 is 1.37. The summed E-state index contributed by atoms with van der Waals surface area (Å²) in [4.78, 5) is 32.5. The second-order valence-electron chi connectivity index (χ2n) is 8.33. The minimum Gasteiger partial charge on any atom is -0.382 e. The zero-order valence-corrected chi connectivity index (χ0v) is 20.9. The van der Waals surface area contributed by atoms with Gasteiger partial charge in [-0.15, -0.1) is 0 Å². The fourth-order valence-corrected chi connectivity index (χ4v) is 4.86. The first-order valence-electron chi connectivity index (χ1n) is 11.4. The van der Waals surface area contributed by atoms with Crippen molar-refractivity contribution >= 4 is 40.1 Å². The Morgan fingerprint density at radius 1 is 1.09 bits per heavy atom. The van der Waals surface area contributed by atoms with Crippen LogP contribution in [-0.4, -0.2) is 46.9 Å². The monoisotopic (exact) mass is 467 g/mol. The number of aryl methyl sites for hydroxylation is 4. The van der Waals surface area contributed by atoms with E-state index in [4.69, 9.17) is 9.73 Å². The molecule has 1 saturated heterocycles. The molecular weight excluding hydrogens is 434 g/mol. The predicted molar refractivity (Wildman–Crippen MR) is 136 cm³/mol. The number of nitrogens with one attached hydrogen (secondary N) is 1. The minimum atomic E-state index is -0.494. The number of aliphatic imine (C=N–C) groups is 1. The maximum Gasteiger partial charge on any atom is 0.242 e. The van der Waals surface area contributed by atoms with E-state index in [1.54, 1.807) is 4.90 Å². The van der Waals surface area contributed by atoms with Gasteiger partial charge in [-0.3, -0.25) is 14.5 Å². The third kappa shape index (κ3) is 6.45. The normalized spacial score (nSPS) is 17.1. The Morgan fingerprint density at radius 3 is 2.48 bits per heavy atom.